The van der Waals surface area contributed by atoms with E-state index < -0.39 is 0 Å². The third-order valence-corrected chi connectivity index (χ3v) is 8.18. The minimum absolute atomic E-state index is 0.259. The number of fused-ring (bicyclic) bond motifs is 5. The predicted octanol–water partition coefficient (Wildman–Crippen LogP) is 1.39. The van der Waals surface area contributed by atoms with E-state index in [1.165, 1.54) is 12.0 Å². The van der Waals surface area contributed by atoms with Crippen molar-refractivity contribution in [3.63, 3.8) is 0 Å². The van der Waals surface area contributed by atoms with Gasteiger partial charge in [-0.05, 0) is 48.8 Å². The minimum Gasteiger partial charge on any atom is -0.454 e. The Bertz CT molecular complexity index is 916. The van der Waals surface area contributed by atoms with Crippen molar-refractivity contribution in [2.24, 2.45) is 11.8 Å². The van der Waals surface area contributed by atoms with E-state index in [4.69, 9.17) is 9.47 Å². The Balaban J connectivity index is 0.992. The molecule has 178 valence electrons. The topological polar surface area (TPSA) is 65.6 Å². The highest BCUT2D eigenvalue weighted by Crippen LogP contribution is 2.38. The zero-order valence-electron chi connectivity index (χ0n) is 19.3. The fourth-order valence-corrected chi connectivity index (χ4v) is 6.59. The number of ether oxygens (including phenoxy) is 2. The molecular formula is C25H34N4O4. The van der Waals surface area contributed by atoms with Crippen LogP contribution in [0, 0.1) is 11.8 Å². The summed E-state index contributed by atoms with van der Waals surface area (Å²) in [5.41, 5.74) is 1.22. The molecule has 0 unspecified atom stereocenters. The lowest BCUT2D eigenvalue weighted by Crippen LogP contribution is -2.61. The molecule has 3 atom stereocenters. The number of amides is 2. The Kier molecular flexibility index (Phi) is 5.66. The van der Waals surface area contributed by atoms with Crippen molar-refractivity contribution in [1.29, 1.82) is 0 Å². The van der Waals surface area contributed by atoms with Crippen LogP contribution in [0.15, 0.2) is 18.2 Å². The summed E-state index contributed by atoms with van der Waals surface area (Å²) in [6.07, 6.45) is 4.10. The van der Waals surface area contributed by atoms with E-state index in [9.17, 15) is 9.59 Å². The number of rotatable bonds is 4. The standard InChI is InChI=1S/C25H34N4O4/c30-24-3-1-2-21-20-10-19(14-29(21)24)13-27(15-20)16-25(31)28-8-6-26(7-9-28)12-18-4-5-22-23(11-18)33-17-32-22/h4-5,11,19-21H,1-3,6-10,12-17H2/t19-,20-,21-/m1/s1. The number of carbonyl (C=O) groups excluding carboxylic acids is 2. The fourth-order valence-electron chi connectivity index (χ4n) is 6.59. The summed E-state index contributed by atoms with van der Waals surface area (Å²) >= 11 is 0. The lowest BCUT2D eigenvalue weighted by Gasteiger charge is -2.52. The van der Waals surface area contributed by atoms with Gasteiger partial charge < -0.3 is 19.3 Å². The van der Waals surface area contributed by atoms with Gasteiger partial charge in [0.25, 0.3) is 0 Å². The molecule has 5 aliphatic heterocycles. The SMILES string of the molecule is O=C(CN1C[C@H]2C[C@H](C1)[C@H]1CCCC(=O)N1C2)N1CCN(Cc2ccc3c(c2)OCO3)CC1. The maximum Gasteiger partial charge on any atom is 0.236 e. The van der Waals surface area contributed by atoms with Crippen LogP contribution in [0.5, 0.6) is 11.5 Å². The number of hydrogen-bond donors (Lipinski definition) is 0. The largest absolute Gasteiger partial charge is 0.454 e. The zero-order valence-corrected chi connectivity index (χ0v) is 19.3. The molecule has 5 aliphatic rings. The van der Waals surface area contributed by atoms with Gasteiger partial charge in [-0.25, -0.2) is 0 Å². The Morgan fingerprint density at radius 3 is 2.73 bits per heavy atom. The fraction of sp³-hybridized carbons (Fsp3) is 0.680. The minimum atomic E-state index is 0.259. The molecule has 0 N–H and O–H groups in total. The summed E-state index contributed by atoms with van der Waals surface area (Å²) in [5, 5.41) is 0. The average molecular weight is 455 g/mol. The summed E-state index contributed by atoms with van der Waals surface area (Å²) in [6.45, 7) is 7.85. The molecule has 4 fully saturated rings. The molecule has 0 aromatic heterocycles. The molecule has 5 heterocycles. The van der Waals surface area contributed by atoms with E-state index in [2.05, 4.69) is 26.8 Å². The van der Waals surface area contributed by atoms with Crippen LogP contribution in [0.3, 0.4) is 0 Å². The molecule has 0 aliphatic carbocycles. The number of piperazine rings is 1. The van der Waals surface area contributed by atoms with Crippen LogP contribution in [0.1, 0.15) is 31.2 Å². The van der Waals surface area contributed by atoms with Crippen LogP contribution in [0.25, 0.3) is 0 Å². The maximum absolute atomic E-state index is 13.1. The van der Waals surface area contributed by atoms with E-state index in [-0.39, 0.29) is 5.91 Å². The van der Waals surface area contributed by atoms with Gasteiger partial charge in [-0.2, -0.15) is 0 Å². The number of likely N-dealkylation sites (tertiary alicyclic amines) is 1. The number of piperidine rings is 3. The van der Waals surface area contributed by atoms with E-state index >= 15 is 0 Å². The van der Waals surface area contributed by atoms with Gasteiger partial charge in [0.15, 0.2) is 11.5 Å². The number of hydrogen-bond acceptors (Lipinski definition) is 6. The highest BCUT2D eigenvalue weighted by atomic mass is 16.7. The van der Waals surface area contributed by atoms with Gasteiger partial charge in [-0.15, -0.1) is 0 Å². The molecule has 2 bridgehead atoms. The smallest absolute Gasteiger partial charge is 0.236 e. The molecule has 0 spiro atoms. The van der Waals surface area contributed by atoms with Gasteiger partial charge in [-0.3, -0.25) is 19.4 Å². The first-order valence-electron chi connectivity index (χ1n) is 12.5. The summed E-state index contributed by atoms with van der Waals surface area (Å²) in [6, 6.07) is 6.54. The molecule has 1 aromatic carbocycles. The third-order valence-electron chi connectivity index (χ3n) is 8.18. The molecule has 33 heavy (non-hydrogen) atoms. The van der Waals surface area contributed by atoms with E-state index in [0.29, 0.717) is 37.1 Å². The quantitative estimate of drug-likeness (QED) is 0.685. The molecule has 8 heteroatoms. The van der Waals surface area contributed by atoms with Gasteiger partial charge in [0, 0.05) is 64.8 Å². The number of nitrogens with zero attached hydrogens (tertiary/aromatic N) is 4. The van der Waals surface area contributed by atoms with Crippen molar-refractivity contribution in [2.45, 2.75) is 38.3 Å². The van der Waals surface area contributed by atoms with E-state index in [1.54, 1.807) is 0 Å². The van der Waals surface area contributed by atoms with Crippen LogP contribution in [0.2, 0.25) is 0 Å². The molecule has 0 saturated carbocycles. The van der Waals surface area contributed by atoms with E-state index in [0.717, 1.165) is 83.1 Å². The second kappa shape index (κ2) is 8.80. The third kappa shape index (κ3) is 4.30. The Morgan fingerprint density at radius 1 is 1.00 bits per heavy atom. The average Bonchev–Trinajstić information content (AvgIpc) is 3.28. The van der Waals surface area contributed by atoms with Crippen LogP contribution in [0.4, 0.5) is 0 Å². The first-order valence-corrected chi connectivity index (χ1v) is 12.5. The molecule has 2 amide bonds. The first-order chi connectivity index (χ1) is 16.1. The second-order valence-corrected chi connectivity index (χ2v) is 10.4. The van der Waals surface area contributed by atoms with Crippen LogP contribution in [-0.4, -0.2) is 96.6 Å². The first kappa shape index (κ1) is 21.2. The summed E-state index contributed by atoms with van der Waals surface area (Å²) < 4.78 is 10.9. The van der Waals surface area contributed by atoms with Crippen molar-refractivity contribution in [3.05, 3.63) is 23.8 Å². The normalized spacial score (nSPS) is 29.8. The Hall–Kier alpha value is -2.32. The van der Waals surface area contributed by atoms with Gasteiger partial charge >= 0.3 is 0 Å². The lowest BCUT2D eigenvalue weighted by atomic mass is 9.76. The van der Waals surface area contributed by atoms with Crippen LogP contribution < -0.4 is 9.47 Å². The van der Waals surface area contributed by atoms with Crippen molar-refractivity contribution >= 4 is 11.8 Å². The highest BCUT2D eigenvalue weighted by Gasteiger charge is 2.44. The molecular weight excluding hydrogens is 420 g/mol. The number of benzene rings is 1. The second-order valence-electron chi connectivity index (χ2n) is 10.4. The van der Waals surface area contributed by atoms with Crippen molar-refractivity contribution in [2.75, 3.05) is 59.2 Å². The molecule has 0 radical (unpaired) electrons. The molecule has 4 saturated heterocycles. The zero-order chi connectivity index (χ0) is 22.4. The van der Waals surface area contributed by atoms with E-state index in [1.807, 2.05) is 11.0 Å². The Labute approximate surface area is 195 Å². The van der Waals surface area contributed by atoms with Gasteiger partial charge in [0.1, 0.15) is 0 Å². The molecule has 8 nitrogen and oxygen atoms in total. The van der Waals surface area contributed by atoms with Gasteiger partial charge in [0.2, 0.25) is 18.6 Å². The van der Waals surface area contributed by atoms with Crippen LogP contribution >= 0.6 is 0 Å². The van der Waals surface area contributed by atoms with Crippen molar-refractivity contribution in [1.82, 2.24) is 19.6 Å². The van der Waals surface area contributed by atoms with Crippen molar-refractivity contribution < 1.29 is 19.1 Å². The van der Waals surface area contributed by atoms with Crippen LogP contribution in [-0.2, 0) is 16.1 Å². The number of carbonyl (C=O) groups is 2. The summed E-state index contributed by atoms with van der Waals surface area (Å²) in [4.78, 5) is 34.4. The lowest BCUT2D eigenvalue weighted by molar-refractivity contribution is -0.147. The monoisotopic (exact) mass is 454 g/mol. The van der Waals surface area contributed by atoms with Crippen molar-refractivity contribution in [3.8, 4) is 11.5 Å². The predicted molar refractivity (Wildman–Crippen MR) is 122 cm³/mol. The van der Waals surface area contributed by atoms with Gasteiger partial charge in [-0.1, -0.05) is 6.07 Å². The maximum atomic E-state index is 13.1. The highest BCUT2D eigenvalue weighted by molar-refractivity contribution is 5.78. The summed E-state index contributed by atoms with van der Waals surface area (Å²) in [5.74, 6) is 3.31. The molecule has 6 rings (SSSR count). The Morgan fingerprint density at radius 2 is 1.85 bits per heavy atom. The molecule has 1 aromatic rings. The van der Waals surface area contributed by atoms with Gasteiger partial charge in [0.05, 0.1) is 6.54 Å². The summed E-state index contributed by atoms with van der Waals surface area (Å²) in [7, 11) is 0.